The van der Waals surface area contributed by atoms with Crippen molar-refractivity contribution in [3.05, 3.63) is 41.2 Å². The molecule has 0 aliphatic heterocycles. The summed E-state index contributed by atoms with van der Waals surface area (Å²) in [7, 11) is -3.53. The van der Waals surface area contributed by atoms with Crippen molar-refractivity contribution in [3.63, 3.8) is 0 Å². The summed E-state index contributed by atoms with van der Waals surface area (Å²) in [4.78, 5) is 17.8. The summed E-state index contributed by atoms with van der Waals surface area (Å²) < 4.78 is 36.2. The predicted octanol–water partition coefficient (Wildman–Crippen LogP) is 6.66. The van der Waals surface area contributed by atoms with Gasteiger partial charge in [0.25, 0.3) is 0 Å². The molecular formula is C26H34N4O4S3. The van der Waals surface area contributed by atoms with Gasteiger partial charge in [0.1, 0.15) is 5.00 Å². The van der Waals surface area contributed by atoms with Crippen molar-refractivity contribution in [2.24, 2.45) is 0 Å². The van der Waals surface area contributed by atoms with Crippen molar-refractivity contribution in [1.82, 2.24) is 14.7 Å². The van der Waals surface area contributed by atoms with Crippen LogP contribution in [-0.2, 0) is 14.6 Å². The number of carbonyl (C=O) groups excluding carboxylic acids is 1. The molecule has 8 nitrogen and oxygen atoms in total. The van der Waals surface area contributed by atoms with E-state index in [2.05, 4.69) is 15.0 Å². The van der Waals surface area contributed by atoms with E-state index < -0.39 is 15.1 Å². The number of amides is 1. The van der Waals surface area contributed by atoms with Crippen LogP contribution >= 0.6 is 22.9 Å². The van der Waals surface area contributed by atoms with Crippen LogP contribution in [0.15, 0.2) is 35.4 Å². The van der Waals surface area contributed by atoms with Gasteiger partial charge in [0, 0.05) is 29.4 Å². The lowest BCUT2D eigenvalue weighted by atomic mass is 9.86. The quantitative estimate of drug-likeness (QED) is 0.316. The minimum Gasteiger partial charge on any atom is -0.447 e. The third kappa shape index (κ3) is 6.69. The number of rotatable bonds is 8. The predicted molar refractivity (Wildman–Crippen MR) is 150 cm³/mol. The van der Waals surface area contributed by atoms with Gasteiger partial charge in [-0.2, -0.15) is 4.37 Å². The number of alkyl carbamates (subject to hydrolysis) is 1. The number of anilines is 2. The van der Waals surface area contributed by atoms with Crippen LogP contribution in [0.25, 0.3) is 10.4 Å². The molecule has 1 aliphatic rings. The van der Waals surface area contributed by atoms with E-state index in [1.165, 1.54) is 11.5 Å². The molecule has 4 rings (SSSR count). The van der Waals surface area contributed by atoms with Gasteiger partial charge < -0.3 is 15.4 Å². The molecular weight excluding hydrogens is 529 g/mol. The van der Waals surface area contributed by atoms with Crippen LogP contribution in [0.5, 0.6) is 0 Å². The maximum atomic E-state index is 13.3. The van der Waals surface area contributed by atoms with Crippen molar-refractivity contribution >= 4 is 49.5 Å². The summed E-state index contributed by atoms with van der Waals surface area (Å²) in [5, 5.41) is 7.56. The molecule has 1 aromatic carbocycles. The zero-order valence-electron chi connectivity index (χ0n) is 21.8. The van der Waals surface area contributed by atoms with E-state index >= 15 is 0 Å². The minimum absolute atomic E-state index is 0.104. The van der Waals surface area contributed by atoms with E-state index in [0.717, 1.165) is 46.3 Å². The topological polar surface area (TPSA) is 110 Å². The molecule has 1 aliphatic carbocycles. The van der Waals surface area contributed by atoms with Gasteiger partial charge in [0.05, 0.1) is 31.8 Å². The lowest BCUT2D eigenvalue weighted by Crippen LogP contribution is -2.38. The van der Waals surface area contributed by atoms with Crippen LogP contribution in [0, 0.1) is 6.92 Å². The number of sulfone groups is 1. The third-order valence-electron chi connectivity index (χ3n) is 6.33. The van der Waals surface area contributed by atoms with Crippen LogP contribution in [0.1, 0.15) is 70.0 Å². The minimum atomic E-state index is -3.53. The SMILES string of the molecule is Cc1cc(Nc2ccc(-c3cnc([C@H]4CC[C@H](NC(=O)OC(C)C)CC4)s3)c(S(=O)(=O)C(C)C)c2)sn1. The van der Waals surface area contributed by atoms with Crippen LogP contribution < -0.4 is 10.6 Å². The normalized spacial score (nSPS) is 18.2. The summed E-state index contributed by atoms with van der Waals surface area (Å²) in [6, 6.07) is 7.52. The number of carbonyl (C=O) groups is 1. The number of aromatic nitrogens is 2. The Bertz CT molecular complexity index is 1340. The van der Waals surface area contributed by atoms with Gasteiger partial charge >= 0.3 is 6.09 Å². The largest absolute Gasteiger partial charge is 0.447 e. The van der Waals surface area contributed by atoms with Crippen molar-refractivity contribution in [1.29, 1.82) is 0 Å². The molecule has 1 amide bonds. The lowest BCUT2D eigenvalue weighted by Gasteiger charge is -2.28. The number of aryl methyl sites for hydroxylation is 1. The third-order valence-corrected chi connectivity index (χ3v) is 10.5. The first-order valence-electron chi connectivity index (χ1n) is 12.5. The zero-order chi connectivity index (χ0) is 26.7. The Labute approximate surface area is 227 Å². The Morgan fingerprint density at radius 1 is 1.11 bits per heavy atom. The molecule has 2 N–H and O–H groups in total. The Morgan fingerprint density at radius 3 is 2.46 bits per heavy atom. The summed E-state index contributed by atoms with van der Waals surface area (Å²) in [6.07, 6.45) is 4.82. The molecule has 2 heterocycles. The second-order valence-electron chi connectivity index (χ2n) is 9.97. The highest BCUT2D eigenvalue weighted by Crippen LogP contribution is 2.40. The van der Waals surface area contributed by atoms with Gasteiger partial charge in [-0.1, -0.05) is 6.07 Å². The van der Waals surface area contributed by atoms with E-state index in [-0.39, 0.29) is 18.2 Å². The van der Waals surface area contributed by atoms with E-state index in [1.807, 2.05) is 39.0 Å². The van der Waals surface area contributed by atoms with E-state index in [9.17, 15) is 13.2 Å². The van der Waals surface area contributed by atoms with Crippen molar-refractivity contribution in [2.45, 2.75) is 88.5 Å². The number of hydrogen-bond acceptors (Lipinski definition) is 9. The monoisotopic (exact) mass is 562 g/mol. The molecule has 0 radical (unpaired) electrons. The second-order valence-corrected chi connectivity index (χ2v) is 14.3. The van der Waals surface area contributed by atoms with E-state index in [4.69, 9.17) is 9.72 Å². The van der Waals surface area contributed by atoms with Crippen LogP contribution in [0.4, 0.5) is 15.5 Å². The summed E-state index contributed by atoms with van der Waals surface area (Å²) >= 11 is 2.90. The van der Waals surface area contributed by atoms with Gasteiger partial charge in [-0.05, 0) is 90.0 Å². The maximum absolute atomic E-state index is 13.3. The molecule has 1 saturated carbocycles. The standard InChI is InChI=1S/C26H34N4O4S3/c1-15(2)34-26(31)29-19-8-6-18(7-9-19)25-27-14-22(35-25)21-11-10-20(28-24-12-17(5)30-36-24)13-23(21)37(32,33)16(3)4/h10-16,18-19,28H,6-9H2,1-5H3,(H,29,31)/t18-,19-. The fourth-order valence-corrected chi connectivity index (χ4v) is 7.51. The number of ether oxygens (including phenoxy) is 1. The lowest BCUT2D eigenvalue weighted by molar-refractivity contribution is 0.109. The van der Waals surface area contributed by atoms with E-state index in [1.54, 1.807) is 37.4 Å². The van der Waals surface area contributed by atoms with Crippen LogP contribution in [0.3, 0.4) is 0 Å². The highest BCUT2D eigenvalue weighted by Gasteiger charge is 2.28. The summed E-state index contributed by atoms with van der Waals surface area (Å²) in [5.74, 6) is 0.290. The number of benzene rings is 1. The highest BCUT2D eigenvalue weighted by molar-refractivity contribution is 7.92. The maximum Gasteiger partial charge on any atom is 0.407 e. The molecule has 0 saturated heterocycles. The fourth-order valence-electron chi connectivity index (χ4n) is 4.36. The number of hydrogen-bond donors (Lipinski definition) is 2. The van der Waals surface area contributed by atoms with Crippen LogP contribution in [-0.4, -0.2) is 41.3 Å². The van der Waals surface area contributed by atoms with Crippen molar-refractivity contribution in [2.75, 3.05) is 5.32 Å². The van der Waals surface area contributed by atoms with Gasteiger partial charge in [-0.3, -0.25) is 0 Å². The average Bonchev–Trinajstić information content (AvgIpc) is 3.48. The molecule has 0 atom stereocenters. The zero-order valence-corrected chi connectivity index (χ0v) is 24.2. The Balaban J connectivity index is 1.53. The molecule has 0 spiro atoms. The van der Waals surface area contributed by atoms with Gasteiger partial charge in [-0.15, -0.1) is 11.3 Å². The molecule has 1 fully saturated rings. The summed E-state index contributed by atoms with van der Waals surface area (Å²) in [6.45, 7) is 8.99. The van der Waals surface area contributed by atoms with Crippen LogP contribution in [0.2, 0.25) is 0 Å². The fraction of sp³-hybridized carbons (Fsp3) is 0.500. The average molecular weight is 563 g/mol. The number of nitrogens with zero attached hydrogens (tertiary/aromatic N) is 2. The number of thiazole rings is 1. The molecule has 0 bridgehead atoms. The van der Waals surface area contributed by atoms with E-state index in [0.29, 0.717) is 22.1 Å². The second kappa shape index (κ2) is 11.5. The Kier molecular flexibility index (Phi) is 8.55. The first-order valence-corrected chi connectivity index (χ1v) is 15.7. The molecule has 3 aromatic rings. The molecule has 37 heavy (non-hydrogen) atoms. The van der Waals surface area contributed by atoms with Gasteiger partial charge in [-0.25, -0.2) is 18.2 Å². The number of nitrogens with one attached hydrogen (secondary N) is 2. The molecule has 2 aromatic heterocycles. The molecule has 11 heteroatoms. The highest BCUT2D eigenvalue weighted by atomic mass is 32.2. The summed E-state index contributed by atoms with van der Waals surface area (Å²) in [5.41, 5.74) is 2.30. The first-order chi connectivity index (χ1) is 17.5. The Hall–Kier alpha value is -2.50. The van der Waals surface area contributed by atoms with Gasteiger partial charge in [0.2, 0.25) is 0 Å². The molecule has 0 unspecified atom stereocenters. The Morgan fingerprint density at radius 2 is 1.84 bits per heavy atom. The smallest absolute Gasteiger partial charge is 0.407 e. The van der Waals surface area contributed by atoms with Gasteiger partial charge in [0.15, 0.2) is 9.84 Å². The van der Waals surface area contributed by atoms with Crippen molar-refractivity contribution in [3.8, 4) is 10.4 Å². The van der Waals surface area contributed by atoms with Crippen molar-refractivity contribution < 1.29 is 17.9 Å². The first kappa shape index (κ1) is 27.5. The molecule has 200 valence electrons.